The number of Topliss-reactive ketones (excluding diaryl/α,β-unsaturated/α-hetero) is 1. The van der Waals surface area contributed by atoms with E-state index in [9.17, 15) is 18.8 Å². The number of anilines is 1. The molecule has 1 fully saturated rings. The summed E-state index contributed by atoms with van der Waals surface area (Å²) < 4.78 is 30.0. The molecule has 2 amide bonds. The van der Waals surface area contributed by atoms with Gasteiger partial charge in [-0.1, -0.05) is 6.92 Å². The van der Waals surface area contributed by atoms with Crippen LogP contribution in [0.3, 0.4) is 0 Å². The minimum atomic E-state index is -0.397. The molecular weight excluding hydrogens is 493 g/mol. The van der Waals surface area contributed by atoms with E-state index in [0.29, 0.717) is 41.6 Å². The number of carbonyl (C=O) groups is 3. The topological polar surface area (TPSA) is 92.5 Å². The summed E-state index contributed by atoms with van der Waals surface area (Å²) in [6.07, 6.45) is 0. The van der Waals surface area contributed by atoms with Gasteiger partial charge in [-0.05, 0) is 61.1 Å². The Morgan fingerprint density at radius 1 is 1.00 bits per heavy atom. The van der Waals surface area contributed by atoms with E-state index in [-0.39, 0.29) is 43.1 Å². The molecule has 0 unspecified atom stereocenters. The molecular formula is C28H28FN3O6. The maximum absolute atomic E-state index is 13.1. The van der Waals surface area contributed by atoms with Crippen molar-refractivity contribution < 1.29 is 32.7 Å². The third-order valence-electron chi connectivity index (χ3n) is 6.70. The van der Waals surface area contributed by atoms with Crippen molar-refractivity contribution in [2.45, 2.75) is 13.5 Å². The Bertz CT molecular complexity index is 1330. The monoisotopic (exact) mass is 521 g/mol. The van der Waals surface area contributed by atoms with Crippen molar-refractivity contribution >= 4 is 23.3 Å². The Kier molecular flexibility index (Phi) is 7.41. The van der Waals surface area contributed by atoms with Crippen LogP contribution in [0.4, 0.5) is 10.1 Å². The number of benzene rings is 2. The highest BCUT2D eigenvalue weighted by atomic mass is 19.1. The fourth-order valence-electron chi connectivity index (χ4n) is 4.47. The average molecular weight is 522 g/mol. The molecule has 38 heavy (non-hydrogen) atoms. The molecule has 3 aromatic rings. The molecule has 0 N–H and O–H groups in total. The van der Waals surface area contributed by atoms with Crippen LogP contribution in [0.1, 0.15) is 33.6 Å². The van der Waals surface area contributed by atoms with Gasteiger partial charge in [0.2, 0.25) is 0 Å². The van der Waals surface area contributed by atoms with Crippen molar-refractivity contribution in [3.8, 4) is 11.5 Å². The largest absolute Gasteiger partial charge is 0.485 e. The lowest BCUT2D eigenvalue weighted by atomic mass is 10.1. The van der Waals surface area contributed by atoms with Crippen LogP contribution in [0, 0.1) is 5.82 Å². The van der Waals surface area contributed by atoms with Gasteiger partial charge >= 0.3 is 0 Å². The van der Waals surface area contributed by atoms with Crippen molar-refractivity contribution in [1.82, 2.24) is 9.80 Å². The highest BCUT2D eigenvalue weighted by molar-refractivity contribution is 6.02. The van der Waals surface area contributed by atoms with Crippen LogP contribution in [-0.4, -0.2) is 73.3 Å². The van der Waals surface area contributed by atoms with Gasteiger partial charge in [0.05, 0.1) is 12.2 Å². The molecule has 198 valence electrons. The first-order valence-corrected chi connectivity index (χ1v) is 12.5. The predicted molar refractivity (Wildman–Crippen MR) is 136 cm³/mol. The van der Waals surface area contributed by atoms with E-state index in [0.717, 1.165) is 19.6 Å². The third kappa shape index (κ3) is 5.55. The number of amides is 2. The Balaban J connectivity index is 1.27. The van der Waals surface area contributed by atoms with E-state index in [1.807, 2.05) is 0 Å². The Hall–Kier alpha value is -4.18. The third-order valence-corrected chi connectivity index (χ3v) is 6.70. The van der Waals surface area contributed by atoms with Crippen molar-refractivity contribution in [2.24, 2.45) is 0 Å². The number of ether oxygens (including phenoxy) is 2. The summed E-state index contributed by atoms with van der Waals surface area (Å²) in [7, 11) is 0. The van der Waals surface area contributed by atoms with Gasteiger partial charge in [0, 0.05) is 31.7 Å². The number of hydrogen-bond acceptors (Lipinski definition) is 7. The number of rotatable bonds is 8. The lowest BCUT2D eigenvalue weighted by Gasteiger charge is -2.33. The number of ketones is 1. The molecule has 2 aromatic carbocycles. The van der Waals surface area contributed by atoms with Gasteiger partial charge in [0.25, 0.3) is 11.8 Å². The number of carbonyl (C=O) groups excluding carboxylic acids is 3. The van der Waals surface area contributed by atoms with Gasteiger partial charge in [-0.2, -0.15) is 0 Å². The van der Waals surface area contributed by atoms with Crippen molar-refractivity contribution in [2.75, 3.05) is 50.8 Å². The minimum absolute atomic E-state index is 0.0792. The first-order valence-electron chi connectivity index (χ1n) is 12.5. The van der Waals surface area contributed by atoms with Gasteiger partial charge in [0.15, 0.2) is 24.8 Å². The zero-order valence-electron chi connectivity index (χ0n) is 21.0. The predicted octanol–water partition coefficient (Wildman–Crippen LogP) is 3.38. The van der Waals surface area contributed by atoms with Gasteiger partial charge in [-0.3, -0.25) is 19.3 Å². The standard InChI is InChI=1S/C28H28FN3O6/c1-2-30-11-13-31(14-12-30)28(35)26-10-8-22(38-26)16-32-23-15-19(3-9-25(23)37-18-27(32)34)24(33)17-36-21-6-4-20(29)5-7-21/h3-10,15H,2,11-14,16-18H2,1H3. The molecule has 9 nitrogen and oxygen atoms in total. The number of hydrogen-bond donors (Lipinski definition) is 0. The van der Waals surface area contributed by atoms with Crippen molar-refractivity contribution in [3.63, 3.8) is 0 Å². The average Bonchev–Trinajstić information content (AvgIpc) is 3.42. The van der Waals surface area contributed by atoms with E-state index in [1.54, 1.807) is 35.2 Å². The quantitative estimate of drug-likeness (QED) is 0.420. The molecule has 3 heterocycles. The fraction of sp³-hybridized carbons (Fsp3) is 0.321. The lowest BCUT2D eigenvalue weighted by molar-refractivity contribution is -0.121. The van der Waals surface area contributed by atoms with E-state index < -0.39 is 5.82 Å². The van der Waals surface area contributed by atoms with Gasteiger partial charge in [0.1, 0.15) is 23.1 Å². The molecule has 5 rings (SSSR count). The lowest BCUT2D eigenvalue weighted by Crippen LogP contribution is -2.48. The van der Waals surface area contributed by atoms with Crippen LogP contribution < -0.4 is 14.4 Å². The van der Waals surface area contributed by atoms with E-state index in [2.05, 4.69) is 11.8 Å². The molecule has 2 aliphatic heterocycles. The Morgan fingerprint density at radius 2 is 1.76 bits per heavy atom. The van der Waals surface area contributed by atoms with Crippen molar-refractivity contribution in [3.05, 3.63) is 77.5 Å². The second kappa shape index (κ2) is 11.1. The molecule has 0 atom stereocenters. The van der Waals surface area contributed by atoms with Gasteiger partial charge < -0.3 is 23.7 Å². The molecule has 1 aromatic heterocycles. The summed E-state index contributed by atoms with van der Waals surface area (Å²) in [6, 6.07) is 13.5. The Labute approximate surface area is 219 Å². The number of likely N-dealkylation sites (N-methyl/N-ethyl adjacent to an activating group) is 1. The molecule has 0 spiro atoms. The second-order valence-electron chi connectivity index (χ2n) is 9.11. The summed E-state index contributed by atoms with van der Waals surface area (Å²) in [5, 5.41) is 0. The second-order valence-corrected chi connectivity index (χ2v) is 9.11. The maximum atomic E-state index is 13.1. The van der Waals surface area contributed by atoms with Crippen LogP contribution >= 0.6 is 0 Å². The summed E-state index contributed by atoms with van der Waals surface area (Å²) in [5.74, 6) is 0.311. The summed E-state index contributed by atoms with van der Waals surface area (Å²) in [5.41, 5.74) is 0.754. The highest BCUT2D eigenvalue weighted by Gasteiger charge is 2.29. The van der Waals surface area contributed by atoms with E-state index >= 15 is 0 Å². The van der Waals surface area contributed by atoms with E-state index in [4.69, 9.17) is 13.9 Å². The summed E-state index contributed by atoms with van der Waals surface area (Å²) >= 11 is 0. The molecule has 0 bridgehead atoms. The zero-order chi connectivity index (χ0) is 26.6. The van der Waals surface area contributed by atoms with Crippen LogP contribution in [-0.2, 0) is 11.3 Å². The van der Waals surface area contributed by atoms with Crippen LogP contribution in [0.2, 0.25) is 0 Å². The maximum Gasteiger partial charge on any atom is 0.289 e. The molecule has 0 radical (unpaired) electrons. The molecule has 2 aliphatic rings. The minimum Gasteiger partial charge on any atom is -0.485 e. The van der Waals surface area contributed by atoms with Gasteiger partial charge in [-0.25, -0.2) is 4.39 Å². The van der Waals surface area contributed by atoms with E-state index in [1.165, 1.54) is 29.2 Å². The number of piperazine rings is 1. The number of fused-ring (bicyclic) bond motifs is 1. The zero-order valence-corrected chi connectivity index (χ0v) is 21.0. The van der Waals surface area contributed by atoms with Gasteiger partial charge in [-0.15, -0.1) is 0 Å². The molecule has 10 heteroatoms. The SMILES string of the molecule is CCN1CCN(C(=O)c2ccc(CN3C(=O)COc4ccc(C(=O)COc5ccc(F)cc5)cc43)o2)CC1. The smallest absolute Gasteiger partial charge is 0.289 e. The van der Waals surface area contributed by atoms with Crippen molar-refractivity contribution in [1.29, 1.82) is 0 Å². The first-order chi connectivity index (χ1) is 18.4. The number of halogens is 1. The Morgan fingerprint density at radius 3 is 2.50 bits per heavy atom. The number of furan rings is 1. The normalized spacial score (nSPS) is 15.7. The van der Waals surface area contributed by atoms with Crippen LogP contribution in [0.5, 0.6) is 11.5 Å². The van der Waals surface area contributed by atoms with Crippen LogP contribution in [0.25, 0.3) is 0 Å². The highest BCUT2D eigenvalue weighted by Crippen LogP contribution is 2.34. The fourth-order valence-corrected chi connectivity index (χ4v) is 4.47. The molecule has 0 saturated carbocycles. The first kappa shape index (κ1) is 25.5. The molecule has 0 aliphatic carbocycles. The molecule has 1 saturated heterocycles. The summed E-state index contributed by atoms with van der Waals surface area (Å²) in [6.45, 7) is 5.65. The summed E-state index contributed by atoms with van der Waals surface area (Å²) in [4.78, 5) is 44.0. The van der Waals surface area contributed by atoms with Crippen LogP contribution in [0.15, 0.2) is 59.0 Å². The number of nitrogens with zero attached hydrogens (tertiary/aromatic N) is 3.